The van der Waals surface area contributed by atoms with E-state index in [-0.39, 0.29) is 0 Å². The maximum absolute atomic E-state index is 9.49. The molecule has 0 bridgehead atoms. The summed E-state index contributed by atoms with van der Waals surface area (Å²) in [5.74, 6) is 0. The van der Waals surface area contributed by atoms with Gasteiger partial charge in [-0.2, -0.15) is 5.26 Å². The lowest BCUT2D eigenvalue weighted by Crippen LogP contribution is -2.22. The Balaban J connectivity index is 2.40. The smallest absolute Gasteiger partial charge is 0.0843 e. The minimum atomic E-state index is -0.612. The van der Waals surface area contributed by atoms with Crippen molar-refractivity contribution in [2.45, 2.75) is 18.8 Å². The molecule has 0 amide bonds. The summed E-state index contributed by atoms with van der Waals surface area (Å²) < 4.78 is 0. The Morgan fingerprint density at radius 3 is 2.44 bits per heavy atom. The maximum Gasteiger partial charge on any atom is 0.0843 e. The van der Waals surface area contributed by atoms with E-state index in [0.717, 1.165) is 5.56 Å². The summed E-state index contributed by atoms with van der Waals surface area (Å²) in [6, 6.07) is 11.7. The SMILES string of the molecule is CC(C#N)(Cc1cccs1)c1cc(Cl)cc(Cl)c1. The highest BCUT2D eigenvalue weighted by atomic mass is 35.5. The Labute approximate surface area is 121 Å². The molecule has 2 aromatic rings. The summed E-state index contributed by atoms with van der Waals surface area (Å²) in [5, 5.41) is 12.6. The average molecular weight is 296 g/mol. The van der Waals surface area contributed by atoms with Crippen LogP contribution >= 0.6 is 34.5 Å². The van der Waals surface area contributed by atoms with Gasteiger partial charge in [0.1, 0.15) is 0 Å². The first kappa shape index (κ1) is 13.4. The van der Waals surface area contributed by atoms with Gasteiger partial charge in [0.25, 0.3) is 0 Å². The van der Waals surface area contributed by atoms with E-state index in [9.17, 15) is 5.26 Å². The summed E-state index contributed by atoms with van der Waals surface area (Å²) in [7, 11) is 0. The van der Waals surface area contributed by atoms with Crippen LogP contribution in [0.15, 0.2) is 35.7 Å². The van der Waals surface area contributed by atoms with E-state index in [1.54, 1.807) is 17.4 Å². The topological polar surface area (TPSA) is 23.8 Å². The number of benzene rings is 1. The van der Waals surface area contributed by atoms with E-state index in [2.05, 4.69) is 6.07 Å². The van der Waals surface area contributed by atoms with E-state index in [4.69, 9.17) is 23.2 Å². The first-order chi connectivity index (χ1) is 8.53. The van der Waals surface area contributed by atoms with Crippen LogP contribution < -0.4 is 0 Å². The second kappa shape index (κ2) is 5.32. The quantitative estimate of drug-likeness (QED) is 0.775. The third-order valence-electron chi connectivity index (χ3n) is 2.85. The van der Waals surface area contributed by atoms with Crippen LogP contribution in [0.4, 0.5) is 0 Å². The molecular weight excluding hydrogens is 285 g/mol. The fourth-order valence-electron chi connectivity index (χ4n) is 1.84. The molecule has 1 aromatic heterocycles. The predicted molar refractivity (Wildman–Crippen MR) is 77.5 cm³/mol. The summed E-state index contributed by atoms with van der Waals surface area (Å²) in [6.07, 6.45) is 0.665. The number of nitriles is 1. The van der Waals surface area contributed by atoms with Crippen LogP contribution in [-0.2, 0) is 11.8 Å². The summed E-state index contributed by atoms with van der Waals surface area (Å²) in [4.78, 5) is 1.18. The van der Waals surface area contributed by atoms with Gasteiger partial charge in [-0.05, 0) is 42.1 Å². The van der Waals surface area contributed by atoms with Gasteiger partial charge in [-0.1, -0.05) is 29.3 Å². The molecule has 1 nitrogen and oxygen atoms in total. The highest BCUT2D eigenvalue weighted by molar-refractivity contribution is 7.09. The largest absolute Gasteiger partial charge is 0.197 e. The van der Waals surface area contributed by atoms with Gasteiger partial charge in [0.15, 0.2) is 0 Å². The molecule has 0 aliphatic heterocycles. The molecule has 18 heavy (non-hydrogen) atoms. The highest BCUT2D eigenvalue weighted by Gasteiger charge is 2.28. The number of rotatable bonds is 3. The van der Waals surface area contributed by atoms with Crippen molar-refractivity contribution in [1.29, 1.82) is 5.26 Å². The molecule has 2 rings (SSSR count). The van der Waals surface area contributed by atoms with Gasteiger partial charge >= 0.3 is 0 Å². The van der Waals surface area contributed by atoms with Crippen molar-refractivity contribution in [2.24, 2.45) is 0 Å². The van der Waals surface area contributed by atoms with Gasteiger partial charge in [0.05, 0.1) is 11.5 Å². The van der Waals surface area contributed by atoms with Crippen LogP contribution in [-0.4, -0.2) is 0 Å². The van der Waals surface area contributed by atoms with Gasteiger partial charge < -0.3 is 0 Å². The maximum atomic E-state index is 9.49. The Kier molecular flexibility index (Phi) is 3.97. The van der Waals surface area contributed by atoms with E-state index in [0.29, 0.717) is 16.5 Å². The molecule has 1 atom stereocenters. The van der Waals surface area contributed by atoms with Crippen molar-refractivity contribution in [3.05, 3.63) is 56.2 Å². The molecule has 4 heteroatoms. The third-order valence-corrected chi connectivity index (χ3v) is 4.17. The van der Waals surface area contributed by atoms with Gasteiger partial charge in [0.2, 0.25) is 0 Å². The van der Waals surface area contributed by atoms with Crippen LogP contribution in [0.5, 0.6) is 0 Å². The molecule has 0 spiro atoms. The van der Waals surface area contributed by atoms with Crippen molar-refractivity contribution in [3.8, 4) is 6.07 Å². The zero-order chi connectivity index (χ0) is 13.2. The predicted octanol–water partition coefficient (Wildman–Crippen LogP) is 5.08. The standard InChI is InChI=1S/C14H11Cl2NS/c1-14(9-17,8-13-3-2-4-18-13)10-5-11(15)7-12(16)6-10/h2-7H,8H2,1H3. The Morgan fingerprint density at radius 1 is 1.28 bits per heavy atom. The number of thiophene rings is 1. The van der Waals surface area contributed by atoms with Crippen molar-refractivity contribution < 1.29 is 0 Å². The lowest BCUT2D eigenvalue weighted by atomic mass is 9.80. The molecular formula is C14H11Cl2NS. The van der Waals surface area contributed by atoms with Crippen molar-refractivity contribution in [2.75, 3.05) is 0 Å². The zero-order valence-corrected chi connectivity index (χ0v) is 12.1. The molecule has 0 fully saturated rings. The fraction of sp³-hybridized carbons (Fsp3) is 0.214. The van der Waals surface area contributed by atoms with Gasteiger partial charge in [-0.3, -0.25) is 0 Å². The third kappa shape index (κ3) is 2.87. The second-order valence-corrected chi connectivity index (χ2v) is 6.26. The lowest BCUT2D eigenvalue weighted by molar-refractivity contribution is 0.612. The van der Waals surface area contributed by atoms with E-state index in [1.807, 2.05) is 36.6 Å². The molecule has 0 aliphatic carbocycles. The highest BCUT2D eigenvalue weighted by Crippen LogP contribution is 2.32. The fourth-order valence-corrected chi connectivity index (χ4v) is 3.23. The molecule has 0 radical (unpaired) electrons. The van der Waals surface area contributed by atoms with Crippen molar-refractivity contribution in [3.63, 3.8) is 0 Å². The summed E-state index contributed by atoms with van der Waals surface area (Å²) in [5.41, 5.74) is 0.246. The minimum absolute atomic E-state index is 0.560. The van der Waals surface area contributed by atoms with Gasteiger partial charge in [-0.15, -0.1) is 11.3 Å². The normalized spacial score (nSPS) is 13.9. The van der Waals surface area contributed by atoms with Crippen molar-refractivity contribution >= 4 is 34.5 Å². The molecule has 1 aromatic carbocycles. The van der Waals surface area contributed by atoms with Crippen molar-refractivity contribution in [1.82, 2.24) is 0 Å². The molecule has 0 N–H and O–H groups in total. The molecule has 0 saturated carbocycles. The molecule has 1 unspecified atom stereocenters. The Hall–Kier alpha value is -1.01. The monoisotopic (exact) mass is 295 g/mol. The van der Waals surface area contributed by atoms with Gasteiger partial charge in [0, 0.05) is 21.3 Å². The first-order valence-corrected chi connectivity index (χ1v) is 7.07. The molecule has 92 valence electrons. The first-order valence-electron chi connectivity index (χ1n) is 5.44. The Morgan fingerprint density at radius 2 is 1.94 bits per heavy atom. The van der Waals surface area contributed by atoms with Gasteiger partial charge in [-0.25, -0.2) is 0 Å². The van der Waals surface area contributed by atoms with E-state index >= 15 is 0 Å². The number of nitrogens with zero attached hydrogens (tertiary/aromatic N) is 1. The van der Waals surface area contributed by atoms with Crippen LogP contribution in [0.1, 0.15) is 17.4 Å². The summed E-state index contributed by atoms with van der Waals surface area (Å²) >= 11 is 13.7. The van der Waals surface area contributed by atoms with Crippen LogP contribution in [0.3, 0.4) is 0 Å². The summed E-state index contributed by atoms with van der Waals surface area (Å²) in [6.45, 7) is 1.91. The number of halogens is 2. The molecule has 0 saturated heterocycles. The van der Waals surface area contributed by atoms with E-state index < -0.39 is 5.41 Å². The molecule has 1 heterocycles. The zero-order valence-electron chi connectivity index (χ0n) is 9.78. The number of hydrogen-bond donors (Lipinski definition) is 0. The van der Waals surface area contributed by atoms with Crippen LogP contribution in [0.25, 0.3) is 0 Å². The minimum Gasteiger partial charge on any atom is -0.197 e. The van der Waals surface area contributed by atoms with Crippen LogP contribution in [0.2, 0.25) is 10.0 Å². The average Bonchev–Trinajstić information content (AvgIpc) is 2.80. The number of hydrogen-bond acceptors (Lipinski definition) is 2. The Bertz CT molecular complexity index is 566. The second-order valence-electron chi connectivity index (χ2n) is 4.36. The van der Waals surface area contributed by atoms with Crippen LogP contribution in [0, 0.1) is 11.3 Å². The lowest BCUT2D eigenvalue weighted by Gasteiger charge is -2.22. The van der Waals surface area contributed by atoms with E-state index in [1.165, 1.54) is 4.88 Å². The molecule has 0 aliphatic rings.